The van der Waals surface area contributed by atoms with E-state index in [2.05, 4.69) is 0 Å². The van der Waals surface area contributed by atoms with Crippen molar-refractivity contribution in [3.8, 4) is 0 Å². The van der Waals surface area contributed by atoms with Gasteiger partial charge in [-0.2, -0.15) is 0 Å². The summed E-state index contributed by atoms with van der Waals surface area (Å²) in [5.74, 6) is -2.14. The van der Waals surface area contributed by atoms with Gasteiger partial charge in [0.25, 0.3) is 5.78 Å². The van der Waals surface area contributed by atoms with Crippen LogP contribution < -0.4 is 0 Å². The summed E-state index contributed by atoms with van der Waals surface area (Å²) in [4.78, 5) is 36.8. The van der Waals surface area contributed by atoms with Gasteiger partial charge in [-0.25, -0.2) is 9.59 Å². The Bertz CT molecular complexity index is 770. The quantitative estimate of drug-likeness (QED) is 0.345. The lowest BCUT2D eigenvalue weighted by atomic mass is 9.96. The first-order valence-electron chi connectivity index (χ1n) is 9.59. The SMILES string of the molecule is CCCC(OC(=O)C(=O)c1ccccc1)C(CC)COC(=O)c1ccccc1. The fraction of sp³-hybridized carbons (Fsp3) is 0.348. The Morgan fingerprint density at radius 3 is 1.96 bits per heavy atom. The molecule has 0 saturated heterocycles. The van der Waals surface area contributed by atoms with Gasteiger partial charge >= 0.3 is 11.9 Å². The third-order valence-electron chi connectivity index (χ3n) is 4.54. The van der Waals surface area contributed by atoms with E-state index in [4.69, 9.17) is 9.47 Å². The summed E-state index contributed by atoms with van der Waals surface area (Å²) < 4.78 is 10.9. The minimum Gasteiger partial charge on any atom is -0.462 e. The molecule has 2 rings (SSSR count). The molecule has 0 amide bonds. The average molecular weight is 382 g/mol. The number of rotatable bonds is 10. The van der Waals surface area contributed by atoms with Crippen molar-refractivity contribution < 1.29 is 23.9 Å². The Morgan fingerprint density at radius 2 is 1.43 bits per heavy atom. The van der Waals surface area contributed by atoms with E-state index in [9.17, 15) is 14.4 Å². The maximum atomic E-state index is 12.3. The monoisotopic (exact) mass is 382 g/mol. The summed E-state index contributed by atoms with van der Waals surface area (Å²) >= 11 is 0. The lowest BCUT2D eigenvalue weighted by Gasteiger charge is -2.25. The number of carbonyl (C=O) groups is 3. The van der Waals surface area contributed by atoms with Crippen molar-refractivity contribution in [3.63, 3.8) is 0 Å². The second kappa shape index (κ2) is 11.0. The first kappa shape index (κ1) is 21.4. The van der Waals surface area contributed by atoms with E-state index in [0.29, 0.717) is 24.0 Å². The number of ketones is 1. The lowest BCUT2D eigenvalue weighted by Crippen LogP contribution is -2.33. The van der Waals surface area contributed by atoms with Gasteiger partial charge in [-0.05, 0) is 25.0 Å². The Morgan fingerprint density at radius 1 is 0.857 bits per heavy atom. The number of carbonyl (C=O) groups excluding carboxylic acids is 3. The van der Waals surface area contributed by atoms with Crippen LogP contribution in [-0.2, 0) is 14.3 Å². The molecule has 0 heterocycles. The second-order valence-electron chi connectivity index (χ2n) is 6.56. The number of benzene rings is 2. The fourth-order valence-electron chi connectivity index (χ4n) is 2.90. The topological polar surface area (TPSA) is 69.7 Å². The van der Waals surface area contributed by atoms with Crippen LogP contribution in [0.4, 0.5) is 0 Å². The third kappa shape index (κ3) is 6.05. The number of Topliss-reactive ketones (excluding diaryl/α,β-unsaturated/α-hetero) is 1. The molecule has 2 unspecified atom stereocenters. The van der Waals surface area contributed by atoms with Crippen LogP contribution in [0.2, 0.25) is 0 Å². The molecule has 0 radical (unpaired) electrons. The van der Waals surface area contributed by atoms with Crippen LogP contribution in [0.3, 0.4) is 0 Å². The molecule has 0 N–H and O–H groups in total. The van der Waals surface area contributed by atoms with Crippen molar-refractivity contribution in [2.45, 2.75) is 39.2 Å². The average Bonchev–Trinajstić information content (AvgIpc) is 2.74. The zero-order chi connectivity index (χ0) is 20.4. The second-order valence-corrected chi connectivity index (χ2v) is 6.56. The molecule has 2 atom stereocenters. The Labute approximate surface area is 165 Å². The van der Waals surface area contributed by atoms with E-state index in [0.717, 1.165) is 6.42 Å². The summed E-state index contributed by atoms with van der Waals surface area (Å²) in [6.07, 6.45) is 1.54. The van der Waals surface area contributed by atoms with Crippen molar-refractivity contribution in [1.29, 1.82) is 0 Å². The smallest absolute Gasteiger partial charge is 0.379 e. The van der Waals surface area contributed by atoms with Gasteiger partial charge in [0.1, 0.15) is 6.10 Å². The molecule has 0 aromatic heterocycles. The molecule has 0 fully saturated rings. The van der Waals surface area contributed by atoms with Gasteiger partial charge < -0.3 is 9.47 Å². The van der Waals surface area contributed by atoms with Crippen LogP contribution in [0.5, 0.6) is 0 Å². The van der Waals surface area contributed by atoms with Crippen molar-refractivity contribution in [1.82, 2.24) is 0 Å². The molecule has 0 aliphatic rings. The van der Waals surface area contributed by atoms with Crippen molar-refractivity contribution in [2.75, 3.05) is 6.61 Å². The molecule has 5 heteroatoms. The van der Waals surface area contributed by atoms with Gasteiger partial charge in [0.15, 0.2) is 0 Å². The molecule has 28 heavy (non-hydrogen) atoms. The Kier molecular flexibility index (Phi) is 8.40. The summed E-state index contributed by atoms with van der Waals surface area (Å²) in [7, 11) is 0. The summed E-state index contributed by atoms with van der Waals surface area (Å²) in [6, 6.07) is 17.1. The van der Waals surface area contributed by atoms with E-state index in [1.165, 1.54) is 0 Å². The number of ether oxygens (including phenoxy) is 2. The minimum absolute atomic E-state index is 0.127. The molecule has 0 saturated carbocycles. The Balaban J connectivity index is 2.00. The largest absolute Gasteiger partial charge is 0.462 e. The van der Waals surface area contributed by atoms with Gasteiger partial charge in [0.05, 0.1) is 12.2 Å². The van der Waals surface area contributed by atoms with Crippen molar-refractivity contribution in [2.24, 2.45) is 5.92 Å². The van der Waals surface area contributed by atoms with Gasteiger partial charge in [0, 0.05) is 11.5 Å². The van der Waals surface area contributed by atoms with E-state index < -0.39 is 23.8 Å². The first-order chi connectivity index (χ1) is 13.6. The summed E-state index contributed by atoms with van der Waals surface area (Å²) in [5, 5.41) is 0. The van der Waals surface area contributed by atoms with E-state index in [-0.39, 0.29) is 12.5 Å². The lowest BCUT2D eigenvalue weighted by molar-refractivity contribution is -0.147. The molecule has 148 valence electrons. The summed E-state index contributed by atoms with van der Waals surface area (Å²) in [6.45, 7) is 4.04. The number of hydrogen-bond donors (Lipinski definition) is 0. The molecule has 0 aliphatic carbocycles. The normalized spacial score (nSPS) is 12.6. The fourth-order valence-corrected chi connectivity index (χ4v) is 2.90. The summed E-state index contributed by atoms with van der Waals surface area (Å²) in [5.41, 5.74) is 0.770. The highest BCUT2D eigenvalue weighted by molar-refractivity contribution is 6.40. The van der Waals surface area contributed by atoms with E-state index in [1.807, 2.05) is 19.9 Å². The maximum Gasteiger partial charge on any atom is 0.379 e. The molecule has 0 bridgehead atoms. The molecule has 2 aromatic carbocycles. The maximum absolute atomic E-state index is 12.3. The van der Waals surface area contributed by atoms with Crippen LogP contribution in [0.15, 0.2) is 60.7 Å². The highest BCUT2D eigenvalue weighted by Crippen LogP contribution is 2.20. The zero-order valence-corrected chi connectivity index (χ0v) is 16.3. The standard InChI is InChI=1S/C23H26O5/c1-3-11-20(28-23(26)21(24)18-12-7-5-8-13-18)17(4-2)16-27-22(25)19-14-9-6-10-15-19/h5-10,12-15,17,20H,3-4,11,16H2,1-2H3. The third-order valence-corrected chi connectivity index (χ3v) is 4.54. The van der Waals surface area contributed by atoms with Gasteiger partial charge in [0.2, 0.25) is 0 Å². The van der Waals surface area contributed by atoms with Crippen LogP contribution >= 0.6 is 0 Å². The van der Waals surface area contributed by atoms with Gasteiger partial charge in [-0.3, -0.25) is 4.79 Å². The van der Waals surface area contributed by atoms with E-state index >= 15 is 0 Å². The van der Waals surface area contributed by atoms with Crippen molar-refractivity contribution >= 4 is 17.7 Å². The molecule has 0 aliphatic heterocycles. The number of hydrogen-bond acceptors (Lipinski definition) is 5. The Hall–Kier alpha value is -2.95. The van der Waals surface area contributed by atoms with Crippen LogP contribution in [0.25, 0.3) is 0 Å². The van der Waals surface area contributed by atoms with Gasteiger partial charge in [-0.1, -0.05) is 68.8 Å². The predicted octanol–water partition coefficient (Wildman–Crippen LogP) is 4.46. The van der Waals surface area contributed by atoms with Crippen molar-refractivity contribution in [3.05, 3.63) is 71.8 Å². The molecule has 5 nitrogen and oxygen atoms in total. The molecular formula is C23H26O5. The first-order valence-corrected chi connectivity index (χ1v) is 9.59. The van der Waals surface area contributed by atoms with Gasteiger partial charge in [-0.15, -0.1) is 0 Å². The molecule has 0 spiro atoms. The molecule has 2 aromatic rings. The van der Waals surface area contributed by atoms with Crippen LogP contribution in [0, 0.1) is 5.92 Å². The predicted molar refractivity (Wildman–Crippen MR) is 106 cm³/mol. The highest BCUT2D eigenvalue weighted by atomic mass is 16.6. The van der Waals surface area contributed by atoms with Crippen LogP contribution in [0.1, 0.15) is 53.8 Å². The minimum atomic E-state index is -0.877. The van der Waals surface area contributed by atoms with E-state index in [1.54, 1.807) is 54.6 Å². The zero-order valence-electron chi connectivity index (χ0n) is 16.3. The number of esters is 2. The highest BCUT2D eigenvalue weighted by Gasteiger charge is 2.28. The van der Waals surface area contributed by atoms with Crippen LogP contribution in [-0.4, -0.2) is 30.4 Å². The molecular weight excluding hydrogens is 356 g/mol.